The summed E-state index contributed by atoms with van der Waals surface area (Å²) in [6.07, 6.45) is 2.08. The summed E-state index contributed by atoms with van der Waals surface area (Å²) in [7, 11) is 0. The van der Waals surface area contributed by atoms with Crippen LogP contribution in [0.4, 0.5) is 5.69 Å². The van der Waals surface area contributed by atoms with Crippen LogP contribution in [0.3, 0.4) is 0 Å². The number of hydrogen-bond donors (Lipinski definition) is 1. The summed E-state index contributed by atoms with van der Waals surface area (Å²) < 4.78 is 0. The molecule has 0 fully saturated rings. The van der Waals surface area contributed by atoms with Crippen molar-refractivity contribution in [2.75, 3.05) is 12.0 Å². The summed E-state index contributed by atoms with van der Waals surface area (Å²) in [4.78, 5) is 1.27. The minimum atomic E-state index is 0.807. The smallest absolute Gasteiger partial charge is 0.0320 e. The van der Waals surface area contributed by atoms with Gasteiger partial charge in [0.05, 0.1) is 0 Å². The molecule has 15 heavy (non-hydrogen) atoms. The van der Waals surface area contributed by atoms with Gasteiger partial charge in [-0.05, 0) is 41.6 Å². The number of nitrogen functional groups attached to an aromatic ring is 1. The third-order valence-electron chi connectivity index (χ3n) is 2.29. The van der Waals surface area contributed by atoms with Gasteiger partial charge in [-0.2, -0.15) is 0 Å². The van der Waals surface area contributed by atoms with Crippen LogP contribution in [0.15, 0.2) is 53.4 Å². The molecule has 0 radical (unpaired) electrons. The highest BCUT2D eigenvalue weighted by Crippen LogP contribution is 2.25. The van der Waals surface area contributed by atoms with Crippen molar-refractivity contribution in [3.05, 3.63) is 48.5 Å². The summed E-state index contributed by atoms with van der Waals surface area (Å²) in [5, 5.41) is 0. The van der Waals surface area contributed by atoms with Gasteiger partial charge in [0.2, 0.25) is 0 Å². The van der Waals surface area contributed by atoms with E-state index in [4.69, 9.17) is 5.73 Å². The van der Waals surface area contributed by atoms with Crippen molar-refractivity contribution < 1.29 is 0 Å². The predicted octanol–water partition coefficient (Wildman–Crippen LogP) is 3.66. The Kier molecular flexibility index (Phi) is 2.97. The molecule has 2 heteroatoms. The molecule has 2 aromatic carbocycles. The molecule has 0 atom stereocenters. The van der Waals surface area contributed by atoms with E-state index in [-0.39, 0.29) is 0 Å². The zero-order chi connectivity index (χ0) is 10.7. The first-order chi connectivity index (χ1) is 7.29. The first-order valence-electron chi connectivity index (χ1n) is 4.79. The van der Waals surface area contributed by atoms with Crippen LogP contribution in [-0.4, -0.2) is 6.26 Å². The lowest BCUT2D eigenvalue weighted by Gasteiger charge is -2.04. The second-order valence-corrected chi connectivity index (χ2v) is 4.24. The Bertz CT molecular complexity index is 466. The first-order valence-corrected chi connectivity index (χ1v) is 6.02. The van der Waals surface area contributed by atoms with Crippen molar-refractivity contribution in [3.63, 3.8) is 0 Å². The predicted molar refractivity (Wildman–Crippen MR) is 68.1 cm³/mol. The zero-order valence-electron chi connectivity index (χ0n) is 8.60. The molecule has 0 amide bonds. The maximum Gasteiger partial charge on any atom is 0.0320 e. The standard InChI is InChI=1S/C13H13NS/c1-15-13-7-3-5-11(9-13)10-4-2-6-12(14)8-10/h2-9H,14H2,1H3. The zero-order valence-corrected chi connectivity index (χ0v) is 9.42. The largest absolute Gasteiger partial charge is 0.399 e. The van der Waals surface area contributed by atoms with E-state index in [9.17, 15) is 0 Å². The number of rotatable bonds is 2. The van der Waals surface area contributed by atoms with Crippen LogP contribution in [0, 0.1) is 0 Å². The number of hydrogen-bond acceptors (Lipinski definition) is 2. The molecule has 0 aliphatic rings. The third kappa shape index (κ3) is 2.34. The van der Waals surface area contributed by atoms with Gasteiger partial charge in [-0.25, -0.2) is 0 Å². The average Bonchev–Trinajstić information content (AvgIpc) is 2.29. The Balaban J connectivity index is 2.44. The van der Waals surface area contributed by atoms with Gasteiger partial charge in [-0.15, -0.1) is 11.8 Å². The van der Waals surface area contributed by atoms with E-state index in [1.165, 1.54) is 16.0 Å². The van der Waals surface area contributed by atoms with E-state index in [2.05, 4.69) is 36.6 Å². The second-order valence-electron chi connectivity index (χ2n) is 3.36. The molecule has 0 aliphatic carbocycles. The van der Waals surface area contributed by atoms with E-state index in [0.717, 1.165) is 5.69 Å². The molecular formula is C13H13NS. The molecule has 2 rings (SSSR count). The minimum Gasteiger partial charge on any atom is -0.399 e. The molecule has 0 saturated carbocycles. The number of anilines is 1. The van der Waals surface area contributed by atoms with Gasteiger partial charge >= 0.3 is 0 Å². The number of thioether (sulfide) groups is 1. The van der Waals surface area contributed by atoms with Gasteiger partial charge in [0.25, 0.3) is 0 Å². The molecule has 0 saturated heterocycles. The Morgan fingerprint density at radius 1 is 0.933 bits per heavy atom. The van der Waals surface area contributed by atoms with Crippen LogP contribution >= 0.6 is 11.8 Å². The highest BCUT2D eigenvalue weighted by Gasteiger charge is 1.98. The average molecular weight is 215 g/mol. The first kappa shape index (κ1) is 10.1. The van der Waals surface area contributed by atoms with Gasteiger partial charge < -0.3 is 5.73 Å². The van der Waals surface area contributed by atoms with Gasteiger partial charge in [0, 0.05) is 10.6 Å². The Morgan fingerprint density at radius 2 is 1.60 bits per heavy atom. The molecule has 1 nitrogen and oxygen atoms in total. The SMILES string of the molecule is CSc1cccc(-c2cccc(N)c2)c1. The topological polar surface area (TPSA) is 26.0 Å². The van der Waals surface area contributed by atoms with Crippen molar-refractivity contribution in [2.24, 2.45) is 0 Å². The van der Waals surface area contributed by atoms with E-state index in [0.29, 0.717) is 0 Å². The van der Waals surface area contributed by atoms with E-state index < -0.39 is 0 Å². The van der Waals surface area contributed by atoms with Gasteiger partial charge in [0.15, 0.2) is 0 Å². The van der Waals surface area contributed by atoms with Crippen LogP contribution in [0.25, 0.3) is 11.1 Å². The van der Waals surface area contributed by atoms with Crippen molar-refractivity contribution in [1.82, 2.24) is 0 Å². The second kappa shape index (κ2) is 4.41. The molecule has 2 N–H and O–H groups in total. The fraction of sp³-hybridized carbons (Fsp3) is 0.0769. The Morgan fingerprint density at radius 3 is 2.27 bits per heavy atom. The molecule has 0 bridgehead atoms. The van der Waals surface area contributed by atoms with E-state index in [1.807, 2.05) is 18.2 Å². The van der Waals surface area contributed by atoms with Gasteiger partial charge in [-0.1, -0.05) is 24.3 Å². The molecule has 0 spiro atoms. The van der Waals surface area contributed by atoms with Crippen LogP contribution in [0.5, 0.6) is 0 Å². The van der Waals surface area contributed by atoms with Crippen molar-refractivity contribution >= 4 is 17.4 Å². The molecular weight excluding hydrogens is 202 g/mol. The monoisotopic (exact) mass is 215 g/mol. The lowest BCUT2D eigenvalue weighted by atomic mass is 10.1. The fourth-order valence-corrected chi connectivity index (χ4v) is 1.98. The summed E-state index contributed by atoms with van der Waals surface area (Å²) in [5.74, 6) is 0. The molecule has 2 aromatic rings. The quantitative estimate of drug-likeness (QED) is 0.611. The molecule has 0 heterocycles. The lowest BCUT2D eigenvalue weighted by molar-refractivity contribution is 1.46. The number of benzene rings is 2. The summed E-state index contributed by atoms with van der Waals surface area (Å²) >= 11 is 1.75. The minimum absolute atomic E-state index is 0.807. The summed E-state index contributed by atoms with van der Waals surface area (Å²) in [6, 6.07) is 16.4. The highest BCUT2D eigenvalue weighted by atomic mass is 32.2. The van der Waals surface area contributed by atoms with Crippen molar-refractivity contribution in [1.29, 1.82) is 0 Å². The Labute approximate surface area is 94.3 Å². The van der Waals surface area contributed by atoms with Crippen molar-refractivity contribution in [3.8, 4) is 11.1 Å². The van der Waals surface area contributed by atoms with Gasteiger partial charge in [0.1, 0.15) is 0 Å². The maximum atomic E-state index is 5.76. The molecule has 0 aliphatic heterocycles. The van der Waals surface area contributed by atoms with Crippen LogP contribution in [0.2, 0.25) is 0 Å². The van der Waals surface area contributed by atoms with E-state index >= 15 is 0 Å². The lowest BCUT2D eigenvalue weighted by Crippen LogP contribution is -1.85. The van der Waals surface area contributed by atoms with Crippen LogP contribution in [0.1, 0.15) is 0 Å². The normalized spacial score (nSPS) is 10.2. The van der Waals surface area contributed by atoms with Crippen LogP contribution < -0.4 is 5.73 Å². The summed E-state index contributed by atoms with van der Waals surface area (Å²) in [6.45, 7) is 0. The highest BCUT2D eigenvalue weighted by molar-refractivity contribution is 7.98. The van der Waals surface area contributed by atoms with Crippen LogP contribution in [-0.2, 0) is 0 Å². The van der Waals surface area contributed by atoms with E-state index in [1.54, 1.807) is 11.8 Å². The maximum absolute atomic E-state index is 5.76. The van der Waals surface area contributed by atoms with Gasteiger partial charge in [-0.3, -0.25) is 0 Å². The summed E-state index contributed by atoms with van der Waals surface area (Å²) in [5.41, 5.74) is 8.96. The molecule has 0 unspecified atom stereocenters. The third-order valence-corrected chi connectivity index (χ3v) is 3.02. The molecule has 76 valence electrons. The number of nitrogens with two attached hydrogens (primary N) is 1. The fourth-order valence-electron chi connectivity index (χ4n) is 1.52. The van der Waals surface area contributed by atoms with Crippen molar-refractivity contribution in [2.45, 2.75) is 4.90 Å². The Hall–Kier alpha value is -1.41. The molecule has 0 aromatic heterocycles.